The average molecular weight is 456 g/mol. The first kappa shape index (κ1) is 27.7. The van der Waals surface area contributed by atoms with Gasteiger partial charge in [-0.1, -0.05) is 42.0 Å². The Morgan fingerprint density at radius 3 is 2.38 bits per heavy atom. The van der Waals surface area contributed by atoms with Crippen LogP contribution in [0.25, 0.3) is 0 Å². The minimum atomic E-state index is -0.748. The van der Waals surface area contributed by atoms with E-state index in [-0.39, 0.29) is 19.0 Å². The summed E-state index contributed by atoms with van der Waals surface area (Å²) in [6.45, 7) is 11.7. The minimum absolute atomic E-state index is 0.127. The van der Waals surface area contributed by atoms with Gasteiger partial charge in [0.2, 0.25) is 0 Å². The highest BCUT2D eigenvalue weighted by Gasteiger charge is 2.34. The Bertz CT molecular complexity index is 738. The molecule has 1 heterocycles. The lowest BCUT2D eigenvalue weighted by atomic mass is 9.92. The van der Waals surface area contributed by atoms with Crippen LogP contribution in [0.2, 0.25) is 0 Å². The number of hydrogen-bond acceptors (Lipinski definition) is 10. The molecule has 12 nitrogen and oxygen atoms in total. The van der Waals surface area contributed by atoms with Crippen LogP contribution in [0.4, 0.5) is 5.95 Å². The van der Waals surface area contributed by atoms with Gasteiger partial charge in [-0.2, -0.15) is 15.3 Å². The lowest BCUT2D eigenvalue weighted by molar-refractivity contribution is -0.397. The molecule has 3 unspecified atom stereocenters. The largest absolute Gasteiger partial charge is 0.434 e. The first-order valence-electron chi connectivity index (χ1n) is 11.0. The third-order valence-electron chi connectivity index (χ3n) is 5.67. The molecule has 0 aliphatic carbocycles. The number of aromatic nitrogens is 2. The number of hydroxylamine groups is 1. The van der Waals surface area contributed by atoms with Gasteiger partial charge in [0.05, 0.1) is 5.54 Å². The Hall–Kier alpha value is -2.31. The molecular formula is C20H37N7O5. The molecule has 0 saturated heterocycles. The van der Waals surface area contributed by atoms with Gasteiger partial charge >= 0.3 is 5.95 Å². The summed E-state index contributed by atoms with van der Waals surface area (Å²) in [5, 5.41) is 21.0. The van der Waals surface area contributed by atoms with Crippen molar-refractivity contribution in [3.63, 3.8) is 0 Å². The van der Waals surface area contributed by atoms with Gasteiger partial charge < -0.3 is 15.4 Å². The summed E-state index contributed by atoms with van der Waals surface area (Å²) >= 11 is 0. The smallest absolute Gasteiger partial charge is 0.390 e. The molecule has 0 saturated carbocycles. The maximum atomic E-state index is 11.4. The van der Waals surface area contributed by atoms with Gasteiger partial charge in [-0.15, -0.1) is 0 Å². The predicted molar refractivity (Wildman–Crippen MR) is 122 cm³/mol. The fraction of sp³-hybridized carbons (Fsp3) is 0.850. The monoisotopic (exact) mass is 455 g/mol. The number of nitro groups is 1. The van der Waals surface area contributed by atoms with Crippen LogP contribution in [0, 0.1) is 19.9 Å². The number of nitroso groups, excluding NO2 is 2. The highest BCUT2D eigenvalue weighted by molar-refractivity contribution is 5.07. The van der Waals surface area contributed by atoms with E-state index < -0.39 is 34.2 Å². The van der Waals surface area contributed by atoms with Gasteiger partial charge in [0.15, 0.2) is 0 Å². The Kier molecular flexibility index (Phi) is 11.0. The van der Waals surface area contributed by atoms with Crippen LogP contribution in [0.3, 0.4) is 0 Å². The molecule has 0 aliphatic rings. The van der Waals surface area contributed by atoms with Crippen LogP contribution in [0.15, 0.2) is 22.7 Å². The molecule has 0 spiro atoms. The maximum Gasteiger partial charge on any atom is 0.434 e. The number of nitrogens with zero attached hydrogens (tertiary/aromatic N) is 5. The average Bonchev–Trinajstić information content (AvgIpc) is 3.19. The van der Waals surface area contributed by atoms with Crippen LogP contribution in [0.5, 0.6) is 0 Å². The third kappa shape index (κ3) is 7.99. The standard InChI is InChI=1S/C20H37N7O5/c1-7-9-10-17(24-29)20(5,6)25-32-15(13-22-19(3,4)16(8-2)23-28)14-26-12-11-21-18(26)27(30)31/h11-12,15-17,22,25H,7-10,13-14H2,1-6H3. The molecule has 3 atom stereocenters. The van der Waals surface area contributed by atoms with Gasteiger partial charge in [0.25, 0.3) is 0 Å². The Morgan fingerprint density at radius 1 is 1.19 bits per heavy atom. The topological polar surface area (TPSA) is 153 Å². The van der Waals surface area contributed by atoms with Crippen LogP contribution >= 0.6 is 0 Å². The van der Waals surface area contributed by atoms with Crippen molar-refractivity contribution in [3.8, 4) is 0 Å². The number of imidazole rings is 1. The summed E-state index contributed by atoms with van der Waals surface area (Å²) in [6.07, 6.45) is 5.27. The maximum absolute atomic E-state index is 11.4. The van der Waals surface area contributed by atoms with Crippen molar-refractivity contribution in [3.05, 3.63) is 32.3 Å². The third-order valence-corrected chi connectivity index (χ3v) is 5.67. The van der Waals surface area contributed by atoms with Gasteiger partial charge in [0.1, 0.15) is 37.1 Å². The second kappa shape index (κ2) is 12.7. The van der Waals surface area contributed by atoms with Gasteiger partial charge in [-0.25, -0.2) is 4.57 Å². The van der Waals surface area contributed by atoms with Crippen LogP contribution < -0.4 is 10.8 Å². The highest BCUT2D eigenvalue weighted by Crippen LogP contribution is 2.20. The minimum Gasteiger partial charge on any atom is -0.390 e. The lowest BCUT2D eigenvalue weighted by Gasteiger charge is -2.34. The van der Waals surface area contributed by atoms with Crippen molar-refractivity contribution >= 4 is 5.95 Å². The lowest BCUT2D eigenvalue weighted by Crippen LogP contribution is -2.54. The molecule has 0 amide bonds. The highest BCUT2D eigenvalue weighted by atomic mass is 16.7. The molecule has 0 aromatic carbocycles. The zero-order valence-electron chi connectivity index (χ0n) is 19.9. The fourth-order valence-corrected chi connectivity index (χ4v) is 3.44. The van der Waals surface area contributed by atoms with Crippen molar-refractivity contribution in [1.29, 1.82) is 0 Å². The van der Waals surface area contributed by atoms with Gasteiger partial charge in [-0.3, -0.25) is 4.84 Å². The number of rotatable bonds is 17. The van der Waals surface area contributed by atoms with Crippen molar-refractivity contribution < 1.29 is 9.76 Å². The molecule has 32 heavy (non-hydrogen) atoms. The van der Waals surface area contributed by atoms with E-state index in [1.165, 1.54) is 17.0 Å². The summed E-state index contributed by atoms with van der Waals surface area (Å²) in [4.78, 5) is 43.0. The molecule has 12 heteroatoms. The van der Waals surface area contributed by atoms with Crippen molar-refractivity contribution in [2.75, 3.05) is 6.54 Å². The van der Waals surface area contributed by atoms with Crippen molar-refractivity contribution in [2.24, 2.45) is 10.4 Å². The van der Waals surface area contributed by atoms with E-state index in [4.69, 9.17) is 4.84 Å². The van der Waals surface area contributed by atoms with Gasteiger partial charge in [0, 0.05) is 12.1 Å². The second-order valence-electron chi connectivity index (χ2n) is 9.10. The normalized spacial score (nSPS) is 15.2. The molecule has 2 N–H and O–H groups in total. The molecule has 0 aliphatic heterocycles. The molecule has 0 radical (unpaired) electrons. The number of nitrogens with one attached hydrogen (secondary N) is 2. The van der Waals surface area contributed by atoms with E-state index in [2.05, 4.69) is 26.1 Å². The van der Waals surface area contributed by atoms with E-state index >= 15 is 0 Å². The van der Waals surface area contributed by atoms with Crippen LogP contribution in [-0.4, -0.2) is 50.3 Å². The van der Waals surface area contributed by atoms with E-state index in [0.717, 1.165) is 12.8 Å². The molecule has 182 valence electrons. The van der Waals surface area contributed by atoms with E-state index in [0.29, 0.717) is 12.8 Å². The first-order valence-corrected chi connectivity index (χ1v) is 11.0. The first-order chi connectivity index (χ1) is 15.0. The summed E-state index contributed by atoms with van der Waals surface area (Å²) in [5.74, 6) is -0.298. The molecule has 1 aromatic heterocycles. The summed E-state index contributed by atoms with van der Waals surface area (Å²) in [5.41, 5.74) is 1.59. The zero-order chi connectivity index (χ0) is 24.4. The SMILES string of the molecule is CCCCC(N=O)C(C)(C)NOC(CNC(C)(C)C(CC)N=O)Cn1ccnc1[N+](=O)[O-]. The van der Waals surface area contributed by atoms with E-state index in [9.17, 15) is 19.9 Å². The molecule has 0 fully saturated rings. The van der Waals surface area contributed by atoms with Gasteiger partial charge in [-0.05, 0) is 45.5 Å². The fourth-order valence-electron chi connectivity index (χ4n) is 3.44. The van der Waals surface area contributed by atoms with Crippen molar-refractivity contribution in [2.45, 2.75) is 103 Å². The summed E-state index contributed by atoms with van der Waals surface area (Å²) in [6, 6.07) is -0.952. The number of hydrogen-bond donors (Lipinski definition) is 2. The Labute approximate surface area is 188 Å². The molecular weight excluding hydrogens is 418 g/mol. The van der Waals surface area contributed by atoms with Crippen LogP contribution in [0.1, 0.15) is 67.2 Å². The summed E-state index contributed by atoms with van der Waals surface area (Å²) < 4.78 is 1.38. The number of unbranched alkanes of at least 4 members (excludes halogenated alkanes) is 1. The Balaban J connectivity index is 2.98. The van der Waals surface area contributed by atoms with Crippen LogP contribution in [-0.2, 0) is 11.4 Å². The summed E-state index contributed by atoms with van der Waals surface area (Å²) in [7, 11) is 0. The quantitative estimate of drug-likeness (QED) is 0.205. The van der Waals surface area contributed by atoms with Crippen molar-refractivity contribution in [1.82, 2.24) is 20.3 Å². The second-order valence-corrected chi connectivity index (χ2v) is 9.10. The van der Waals surface area contributed by atoms with E-state index in [1.807, 2.05) is 41.5 Å². The zero-order valence-corrected chi connectivity index (χ0v) is 19.9. The van der Waals surface area contributed by atoms with E-state index in [1.54, 1.807) is 0 Å². The molecule has 1 aromatic rings. The predicted octanol–water partition coefficient (Wildman–Crippen LogP) is 3.70. The molecule has 0 bridgehead atoms. The molecule has 1 rings (SSSR count). The Morgan fingerprint density at radius 2 is 1.84 bits per heavy atom.